The molecule has 0 saturated carbocycles. The number of rotatable bonds is 5. The first-order valence-corrected chi connectivity index (χ1v) is 10.0. The Balaban J connectivity index is 1.27. The molecule has 0 radical (unpaired) electrons. The zero-order valence-electron chi connectivity index (χ0n) is 15.3. The molecule has 1 fully saturated rings. The summed E-state index contributed by atoms with van der Waals surface area (Å²) in [5.41, 5.74) is 3.27. The largest absolute Gasteiger partial charge is 0.340 e. The summed E-state index contributed by atoms with van der Waals surface area (Å²) in [5, 5.41) is 8.05. The number of aromatic nitrogens is 2. The van der Waals surface area contributed by atoms with Gasteiger partial charge in [0.15, 0.2) is 0 Å². The average molecular weight is 382 g/mol. The summed E-state index contributed by atoms with van der Waals surface area (Å²) in [5.74, 6) is 1.45. The van der Waals surface area contributed by atoms with Crippen LogP contribution in [0.1, 0.15) is 17.0 Å². The fourth-order valence-corrected chi connectivity index (χ4v) is 3.80. The molecule has 0 spiro atoms. The lowest BCUT2D eigenvalue weighted by Crippen LogP contribution is -2.48. The second-order valence-corrected chi connectivity index (χ2v) is 7.62. The molecule has 0 bridgehead atoms. The lowest BCUT2D eigenvalue weighted by atomic mass is 10.1. The first-order valence-electron chi connectivity index (χ1n) is 9.08. The maximum atomic E-state index is 12.5. The van der Waals surface area contributed by atoms with Crippen LogP contribution in [0.2, 0.25) is 0 Å². The quantitative estimate of drug-likeness (QED) is 0.679. The van der Waals surface area contributed by atoms with Crippen LogP contribution in [-0.2, 0) is 17.8 Å². The van der Waals surface area contributed by atoms with Crippen molar-refractivity contribution in [3.63, 3.8) is 0 Å². The van der Waals surface area contributed by atoms with E-state index in [0.717, 1.165) is 37.3 Å². The number of piperazine rings is 1. The van der Waals surface area contributed by atoms with Crippen LogP contribution in [0.5, 0.6) is 0 Å². The van der Waals surface area contributed by atoms with Crippen molar-refractivity contribution in [3.05, 3.63) is 58.1 Å². The first kappa shape index (κ1) is 17.9. The monoisotopic (exact) mass is 382 g/mol. The summed E-state index contributed by atoms with van der Waals surface area (Å²) >= 11 is 1.61. The highest BCUT2D eigenvalue weighted by Crippen LogP contribution is 2.19. The van der Waals surface area contributed by atoms with Crippen molar-refractivity contribution < 1.29 is 9.32 Å². The molecule has 27 heavy (non-hydrogen) atoms. The maximum Gasteiger partial charge on any atom is 0.241 e. The number of benzene rings is 1. The maximum absolute atomic E-state index is 12.5. The average Bonchev–Trinajstić information content (AvgIpc) is 3.36. The second kappa shape index (κ2) is 8.02. The molecule has 1 aliphatic heterocycles. The second-order valence-electron chi connectivity index (χ2n) is 6.84. The van der Waals surface area contributed by atoms with Gasteiger partial charge >= 0.3 is 0 Å². The Hall–Kier alpha value is -2.51. The van der Waals surface area contributed by atoms with Gasteiger partial charge in [0, 0.05) is 37.1 Å². The van der Waals surface area contributed by atoms with Crippen molar-refractivity contribution in [1.82, 2.24) is 19.9 Å². The van der Waals surface area contributed by atoms with Crippen LogP contribution in [0.25, 0.3) is 11.4 Å². The van der Waals surface area contributed by atoms with Crippen molar-refractivity contribution in [1.29, 1.82) is 0 Å². The van der Waals surface area contributed by atoms with E-state index < -0.39 is 0 Å². The number of amides is 1. The van der Waals surface area contributed by atoms with Gasteiger partial charge in [-0.25, -0.2) is 0 Å². The summed E-state index contributed by atoms with van der Waals surface area (Å²) in [6.07, 6.45) is 0.466. The van der Waals surface area contributed by atoms with Crippen LogP contribution in [-0.4, -0.2) is 52.0 Å². The number of carbonyl (C=O) groups excluding carboxylic acids is 1. The molecule has 0 atom stereocenters. The van der Waals surface area contributed by atoms with E-state index in [4.69, 9.17) is 4.52 Å². The van der Waals surface area contributed by atoms with Gasteiger partial charge in [0.05, 0.1) is 13.0 Å². The molecule has 0 N–H and O–H groups in total. The molecule has 0 aliphatic carbocycles. The van der Waals surface area contributed by atoms with E-state index in [2.05, 4.69) is 34.1 Å². The molecule has 140 valence electrons. The van der Waals surface area contributed by atoms with Gasteiger partial charge < -0.3 is 9.42 Å². The minimum Gasteiger partial charge on any atom is -0.340 e. The van der Waals surface area contributed by atoms with Crippen molar-refractivity contribution in [2.24, 2.45) is 0 Å². The predicted molar refractivity (Wildman–Crippen MR) is 104 cm³/mol. The minimum absolute atomic E-state index is 0.191. The first-order chi connectivity index (χ1) is 13.2. The summed E-state index contributed by atoms with van der Waals surface area (Å²) in [6, 6.07) is 10.1. The van der Waals surface area contributed by atoms with Crippen LogP contribution in [0.15, 0.2) is 45.6 Å². The molecule has 1 amide bonds. The molecule has 2 aromatic heterocycles. The highest BCUT2D eigenvalue weighted by atomic mass is 32.1. The van der Waals surface area contributed by atoms with Crippen molar-refractivity contribution >= 4 is 17.2 Å². The highest BCUT2D eigenvalue weighted by Gasteiger charge is 2.22. The van der Waals surface area contributed by atoms with E-state index in [9.17, 15) is 4.79 Å². The molecule has 1 aromatic carbocycles. The van der Waals surface area contributed by atoms with Gasteiger partial charge in [-0.2, -0.15) is 16.3 Å². The van der Waals surface area contributed by atoms with Crippen molar-refractivity contribution in [2.45, 2.75) is 19.9 Å². The van der Waals surface area contributed by atoms with Crippen molar-refractivity contribution in [3.8, 4) is 11.4 Å². The Morgan fingerprint density at radius 1 is 1.15 bits per heavy atom. The fourth-order valence-electron chi connectivity index (χ4n) is 3.17. The fraction of sp³-hybridized carbons (Fsp3) is 0.350. The lowest BCUT2D eigenvalue weighted by Gasteiger charge is -2.34. The number of nitrogens with zero attached hydrogens (tertiary/aromatic N) is 4. The molecule has 3 aromatic rings. The Bertz CT molecular complexity index is 881. The number of hydrogen-bond acceptors (Lipinski definition) is 6. The van der Waals surface area contributed by atoms with E-state index in [1.807, 2.05) is 33.9 Å². The van der Waals surface area contributed by atoms with Crippen LogP contribution in [0, 0.1) is 6.92 Å². The van der Waals surface area contributed by atoms with Gasteiger partial charge in [0.1, 0.15) is 0 Å². The summed E-state index contributed by atoms with van der Waals surface area (Å²) < 4.78 is 5.38. The Morgan fingerprint density at radius 3 is 2.63 bits per heavy atom. The highest BCUT2D eigenvalue weighted by molar-refractivity contribution is 7.08. The van der Waals surface area contributed by atoms with Gasteiger partial charge in [-0.3, -0.25) is 9.69 Å². The third-order valence-corrected chi connectivity index (χ3v) is 5.49. The summed E-state index contributed by atoms with van der Waals surface area (Å²) in [7, 11) is 0. The molecular formula is C20H22N4O2S. The van der Waals surface area contributed by atoms with E-state index in [-0.39, 0.29) is 5.91 Å². The van der Waals surface area contributed by atoms with Crippen LogP contribution in [0.4, 0.5) is 0 Å². The lowest BCUT2D eigenvalue weighted by molar-refractivity contribution is -0.132. The van der Waals surface area contributed by atoms with Crippen LogP contribution < -0.4 is 0 Å². The predicted octanol–water partition coefficient (Wildman–Crippen LogP) is 2.99. The van der Waals surface area contributed by atoms with E-state index in [0.29, 0.717) is 24.7 Å². The zero-order chi connectivity index (χ0) is 18.6. The SMILES string of the molecule is Cc1ccc(CC(=O)N2CCN(Cc3nc(-c4ccsc4)no3)CC2)cc1. The van der Waals surface area contributed by atoms with Crippen LogP contribution >= 0.6 is 11.3 Å². The molecule has 0 unspecified atom stereocenters. The Labute approximate surface area is 162 Å². The molecule has 4 rings (SSSR count). The van der Waals surface area contributed by atoms with Crippen molar-refractivity contribution in [2.75, 3.05) is 26.2 Å². The molecule has 3 heterocycles. The smallest absolute Gasteiger partial charge is 0.241 e. The summed E-state index contributed by atoms with van der Waals surface area (Å²) in [4.78, 5) is 21.2. The molecule has 1 saturated heterocycles. The molecule has 1 aliphatic rings. The number of aryl methyl sites for hydroxylation is 1. The van der Waals surface area contributed by atoms with Gasteiger partial charge in [-0.05, 0) is 23.9 Å². The van der Waals surface area contributed by atoms with Gasteiger partial charge in [-0.1, -0.05) is 35.0 Å². The van der Waals surface area contributed by atoms with E-state index >= 15 is 0 Å². The van der Waals surface area contributed by atoms with Crippen LogP contribution in [0.3, 0.4) is 0 Å². The Kier molecular flexibility index (Phi) is 5.31. The number of hydrogen-bond donors (Lipinski definition) is 0. The zero-order valence-corrected chi connectivity index (χ0v) is 16.1. The molecular weight excluding hydrogens is 360 g/mol. The number of carbonyl (C=O) groups is 1. The Morgan fingerprint density at radius 2 is 1.93 bits per heavy atom. The topological polar surface area (TPSA) is 62.5 Å². The third kappa shape index (κ3) is 4.43. The molecule has 6 nitrogen and oxygen atoms in total. The third-order valence-electron chi connectivity index (χ3n) is 4.81. The van der Waals surface area contributed by atoms with E-state index in [1.54, 1.807) is 11.3 Å². The molecule has 7 heteroatoms. The minimum atomic E-state index is 0.191. The normalized spacial score (nSPS) is 15.2. The standard InChI is InChI=1S/C20H22N4O2S/c1-15-2-4-16(5-3-15)12-19(25)24-9-7-23(8-10-24)13-18-21-20(22-26-18)17-6-11-27-14-17/h2-6,11,14H,7-10,12-13H2,1H3. The number of thiophene rings is 1. The van der Waals surface area contributed by atoms with E-state index in [1.165, 1.54) is 5.56 Å². The summed E-state index contributed by atoms with van der Waals surface area (Å²) in [6.45, 7) is 5.77. The van der Waals surface area contributed by atoms with Gasteiger partial charge in [0.2, 0.25) is 17.6 Å². The van der Waals surface area contributed by atoms with Gasteiger partial charge in [0.25, 0.3) is 0 Å². The van der Waals surface area contributed by atoms with Gasteiger partial charge in [-0.15, -0.1) is 0 Å².